The minimum absolute atomic E-state index is 0.880. The molecule has 1 radical (unpaired) electrons. The molecule has 119 valence electrons. The quantitative estimate of drug-likeness (QED) is 0.591. The van der Waals surface area contributed by atoms with E-state index in [4.69, 9.17) is 0 Å². The maximum absolute atomic E-state index is 4.67. The summed E-state index contributed by atoms with van der Waals surface area (Å²) in [5.41, 5.74) is 2.32. The summed E-state index contributed by atoms with van der Waals surface area (Å²) in [5.74, 6) is 0.880. The van der Waals surface area contributed by atoms with Crippen molar-refractivity contribution in [3.05, 3.63) is 54.1 Å². The van der Waals surface area contributed by atoms with E-state index >= 15 is 0 Å². The molecule has 0 fully saturated rings. The monoisotopic (exact) mass is 307 g/mol. The number of nitrogens with zero attached hydrogens (tertiary/aromatic N) is 4. The van der Waals surface area contributed by atoms with Crippen LogP contribution in [-0.2, 0) is 19.4 Å². The molecule has 0 aliphatic heterocycles. The van der Waals surface area contributed by atoms with E-state index in [2.05, 4.69) is 58.5 Å². The molecule has 0 amide bonds. The topological polar surface area (TPSA) is 43.6 Å². The van der Waals surface area contributed by atoms with Gasteiger partial charge in [0.25, 0.3) is 0 Å². The van der Waals surface area contributed by atoms with Gasteiger partial charge in [-0.05, 0) is 31.2 Å². The third-order valence-electron chi connectivity index (χ3n) is 4.03. The predicted octanol–water partition coefficient (Wildman–Crippen LogP) is 3.99. The summed E-state index contributed by atoms with van der Waals surface area (Å²) in [7, 11) is 0. The number of fused-ring (bicyclic) bond motifs is 1. The van der Waals surface area contributed by atoms with E-state index in [-0.39, 0.29) is 0 Å². The third-order valence-corrected chi connectivity index (χ3v) is 4.03. The van der Waals surface area contributed by atoms with Crippen LogP contribution in [-0.4, -0.2) is 19.7 Å². The largest absolute Gasteiger partial charge is 0.247 e. The van der Waals surface area contributed by atoms with Crippen molar-refractivity contribution >= 4 is 11.0 Å². The molecule has 0 aliphatic rings. The molecule has 0 saturated carbocycles. The van der Waals surface area contributed by atoms with E-state index in [0.29, 0.717) is 0 Å². The summed E-state index contributed by atoms with van der Waals surface area (Å²) < 4.78 is 1.99. The first-order valence-corrected chi connectivity index (χ1v) is 8.51. The Bertz CT molecular complexity index is 733. The third kappa shape index (κ3) is 4.15. The summed E-state index contributed by atoms with van der Waals surface area (Å²) in [6, 6.07) is 10.6. The second-order valence-corrected chi connectivity index (χ2v) is 5.90. The summed E-state index contributed by atoms with van der Waals surface area (Å²) in [4.78, 5) is 8.97. The smallest absolute Gasteiger partial charge is 0.162 e. The molecular formula is C19H23N4. The molecule has 4 nitrogen and oxygen atoms in total. The van der Waals surface area contributed by atoms with Crippen molar-refractivity contribution in [3.8, 4) is 0 Å². The lowest BCUT2D eigenvalue weighted by Gasteiger charge is -2.04. The Hall–Kier alpha value is -2.23. The van der Waals surface area contributed by atoms with Gasteiger partial charge in [0.15, 0.2) is 5.65 Å². The van der Waals surface area contributed by atoms with Crippen LogP contribution in [0.4, 0.5) is 0 Å². The summed E-state index contributed by atoms with van der Waals surface area (Å²) in [5, 5.41) is 5.35. The van der Waals surface area contributed by atoms with Crippen molar-refractivity contribution in [2.24, 2.45) is 0 Å². The molecule has 0 unspecified atom stereocenters. The Balaban J connectivity index is 1.59. The van der Waals surface area contributed by atoms with Gasteiger partial charge in [-0.25, -0.2) is 14.6 Å². The highest BCUT2D eigenvalue weighted by Gasteiger charge is 2.07. The van der Waals surface area contributed by atoms with Crippen LogP contribution < -0.4 is 0 Å². The molecule has 3 rings (SSSR count). The van der Waals surface area contributed by atoms with Crippen molar-refractivity contribution in [1.29, 1.82) is 0 Å². The second kappa shape index (κ2) is 7.86. The molecule has 3 aromatic rings. The van der Waals surface area contributed by atoms with Gasteiger partial charge in [0.2, 0.25) is 0 Å². The van der Waals surface area contributed by atoms with E-state index in [1.54, 1.807) is 0 Å². The molecule has 0 saturated heterocycles. The molecule has 4 heteroatoms. The number of hydrogen-bond donors (Lipinski definition) is 0. The Morgan fingerprint density at radius 1 is 1.04 bits per heavy atom. The highest BCUT2D eigenvalue weighted by molar-refractivity contribution is 5.72. The minimum atomic E-state index is 0.880. The molecule has 2 heterocycles. The minimum Gasteiger partial charge on any atom is -0.247 e. The molecule has 0 aliphatic carbocycles. The van der Waals surface area contributed by atoms with Crippen molar-refractivity contribution in [1.82, 2.24) is 19.7 Å². The summed E-state index contributed by atoms with van der Waals surface area (Å²) in [6.45, 7) is 3.08. The van der Waals surface area contributed by atoms with Gasteiger partial charge in [-0.3, -0.25) is 0 Å². The van der Waals surface area contributed by atoms with Crippen molar-refractivity contribution in [2.45, 2.75) is 52.0 Å². The van der Waals surface area contributed by atoms with Crippen LogP contribution >= 0.6 is 0 Å². The maximum atomic E-state index is 4.67. The molecule has 0 spiro atoms. The molecular weight excluding hydrogens is 284 g/mol. The number of unbranched alkanes of at least 4 members (excludes halogenated alkanes) is 2. The number of aromatic nitrogens is 4. The van der Waals surface area contributed by atoms with Gasteiger partial charge in [0, 0.05) is 13.0 Å². The Kier molecular flexibility index (Phi) is 5.35. The van der Waals surface area contributed by atoms with Crippen LogP contribution in [0.15, 0.2) is 36.5 Å². The van der Waals surface area contributed by atoms with Crippen LogP contribution in [0.3, 0.4) is 0 Å². The standard InChI is InChI=1S/C19H23N4/c1-2-3-12-18-20-14-17-15-21-23(19(17)22-18)13-8-7-11-16-9-5-4-6-10-16/h4-6,9-10,15H,2-3,7-8,11-13H2,1H3. The highest BCUT2D eigenvalue weighted by atomic mass is 15.3. The van der Waals surface area contributed by atoms with Crippen LogP contribution in [0.2, 0.25) is 0 Å². The van der Waals surface area contributed by atoms with Crippen LogP contribution in [0.25, 0.3) is 11.0 Å². The zero-order chi connectivity index (χ0) is 15.9. The van der Waals surface area contributed by atoms with Crippen molar-refractivity contribution in [3.63, 3.8) is 0 Å². The first kappa shape index (κ1) is 15.7. The molecule has 0 bridgehead atoms. The normalized spacial score (nSPS) is 11.2. The van der Waals surface area contributed by atoms with Gasteiger partial charge in [0.1, 0.15) is 12.0 Å². The van der Waals surface area contributed by atoms with Gasteiger partial charge >= 0.3 is 0 Å². The predicted molar refractivity (Wildman–Crippen MR) is 92.2 cm³/mol. The Morgan fingerprint density at radius 3 is 2.74 bits per heavy atom. The highest BCUT2D eigenvalue weighted by Crippen LogP contribution is 2.12. The van der Waals surface area contributed by atoms with E-state index in [9.17, 15) is 0 Å². The number of benzene rings is 1. The molecule has 0 atom stereocenters. The van der Waals surface area contributed by atoms with E-state index < -0.39 is 0 Å². The van der Waals surface area contributed by atoms with Gasteiger partial charge in [-0.2, -0.15) is 5.10 Å². The first-order chi connectivity index (χ1) is 11.4. The van der Waals surface area contributed by atoms with Crippen LogP contribution in [0, 0.1) is 6.20 Å². The molecule has 23 heavy (non-hydrogen) atoms. The van der Waals surface area contributed by atoms with Crippen molar-refractivity contribution < 1.29 is 0 Å². The van der Waals surface area contributed by atoms with Crippen LogP contribution in [0.1, 0.15) is 44.0 Å². The fourth-order valence-corrected chi connectivity index (χ4v) is 2.69. The van der Waals surface area contributed by atoms with Gasteiger partial charge < -0.3 is 0 Å². The zero-order valence-electron chi connectivity index (χ0n) is 13.7. The number of rotatable bonds is 8. The molecule has 0 N–H and O–H groups in total. The zero-order valence-corrected chi connectivity index (χ0v) is 13.7. The fraction of sp³-hybridized carbons (Fsp3) is 0.421. The second-order valence-electron chi connectivity index (χ2n) is 5.90. The van der Waals surface area contributed by atoms with Crippen LogP contribution in [0.5, 0.6) is 0 Å². The summed E-state index contributed by atoms with van der Waals surface area (Å²) >= 11 is 0. The Morgan fingerprint density at radius 2 is 1.91 bits per heavy atom. The SMILES string of the molecule is CCCCc1n[c]c2cnn(CCCCc3ccccc3)c2n1. The van der Waals surface area contributed by atoms with Crippen molar-refractivity contribution in [2.75, 3.05) is 0 Å². The van der Waals surface area contributed by atoms with Gasteiger partial charge in [0.05, 0.1) is 11.6 Å². The first-order valence-electron chi connectivity index (χ1n) is 8.51. The van der Waals surface area contributed by atoms with E-state index in [1.807, 2.05) is 10.9 Å². The average Bonchev–Trinajstić information content (AvgIpc) is 3.00. The lowest BCUT2D eigenvalue weighted by Crippen LogP contribution is -2.04. The van der Waals surface area contributed by atoms with E-state index in [0.717, 1.165) is 61.9 Å². The number of aryl methyl sites for hydroxylation is 3. The maximum Gasteiger partial charge on any atom is 0.162 e. The lowest BCUT2D eigenvalue weighted by molar-refractivity contribution is 0.567. The van der Waals surface area contributed by atoms with Gasteiger partial charge in [-0.1, -0.05) is 43.7 Å². The van der Waals surface area contributed by atoms with Gasteiger partial charge in [-0.15, -0.1) is 0 Å². The fourth-order valence-electron chi connectivity index (χ4n) is 2.69. The summed E-state index contributed by atoms with van der Waals surface area (Å²) in [6.07, 6.45) is 11.4. The van der Waals surface area contributed by atoms with E-state index in [1.165, 1.54) is 5.56 Å². The molecule has 2 aromatic heterocycles. The lowest BCUT2D eigenvalue weighted by atomic mass is 10.1. The number of hydrogen-bond acceptors (Lipinski definition) is 3. The Labute approximate surface area is 137 Å². The average molecular weight is 307 g/mol. The molecule has 1 aromatic carbocycles.